The highest BCUT2D eigenvalue weighted by Crippen LogP contribution is 2.41. The van der Waals surface area contributed by atoms with Gasteiger partial charge in [-0.05, 0) is 53.0 Å². The van der Waals surface area contributed by atoms with Gasteiger partial charge in [-0.2, -0.15) is 0 Å². The van der Waals surface area contributed by atoms with Crippen molar-refractivity contribution in [2.75, 3.05) is 12.4 Å². The molecule has 6 nitrogen and oxygen atoms in total. The molecule has 2 rings (SSSR count). The first-order chi connectivity index (χ1) is 15.9. The summed E-state index contributed by atoms with van der Waals surface area (Å²) in [7, 11) is 1.61. The Hall–Kier alpha value is -2.86. The predicted molar refractivity (Wildman–Crippen MR) is 137 cm³/mol. The molecule has 6 heteroatoms. The first kappa shape index (κ1) is 27.4. The van der Waals surface area contributed by atoms with Crippen molar-refractivity contribution in [1.82, 2.24) is 0 Å². The molecule has 0 aliphatic rings. The van der Waals surface area contributed by atoms with E-state index in [1.54, 1.807) is 19.2 Å². The number of nitrogens with one attached hydrogen (secondary N) is 1. The smallest absolute Gasteiger partial charge is 0.248 e. The Morgan fingerprint density at radius 1 is 1.12 bits per heavy atom. The summed E-state index contributed by atoms with van der Waals surface area (Å²) >= 11 is 0. The second-order valence-electron chi connectivity index (χ2n) is 10.3. The lowest BCUT2D eigenvalue weighted by molar-refractivity contribution is -0.117. The molecule has 0 spiro atoms. The number of benzene rings is 2. The van der Waals surface area contributed by atoms with Crippen molar-refractivity contribution in [1.29, 1.82) is 0 Å². The molecule has 0 aliphatic heterocycles. The van der Waals surface area contributed by atoms with Gasteiger partial charge in [0.25, 0.3) is 0 Å². The fourth-order valence-electron chi connectivity index (χ4n) is 4.73. The molecule has 0 saturated carbocycles. The van der Waals surface area contributed by atoms with E-state index in [4.69, 9.17) is 10.5 Å². The monoisotopic (exact) mass is 468 g/mol. The zero-order valence-electron chi connectivity index (χ0n) is 21.5. The number of methoxy groups -OCH3 is 1. The van der Waals surface area contributed by atoms with E-state index in [2.05, 4.69) is 19.2 Å². The number of aliphatic hydroxyl groups is 1. The Morgan fingerprint density at radius 3 is 2.29 bits per heavy atom. The zero-order chi connectivity index (χ0) is 25.6. The quantitative estimate of drug-likeness (QED) is 0.443. The van der Waals surface area contributed by atoms with E-state index in [0.29, 0.717) is 23.4 Å². The molecule has 3 atom stereocenters. The molecule has 3 unspecified atom stereocenters. The van der Waals surface area contributed by atoms with Crippen molar-refractivity contribution in [2.24, 2.45) is 17.6 Å². The topological polar surface area (TPSA) is 102 Å². The molecule has 0 saturated heterocycles. The van der Waals surface area contributed by atoms with Gasteiger partial charge in [0.2, 0.25) is 11.8 Å². The highest BCUT2D eigenvalue weighted by molar-refractivity contribution is 5.97. The van der Waals surface area contributed by atoms with Crippen LogP contribution in [0.1, 0.15) is 81.8 Å². The molecule has 0 heterocycles. The number of anilines is 1. The SMILES string of the molecule is CCC(O)C(C(C)C)C(CC(=O)Nc1cc(C(N)=O)ccc1C(C)(C)C)c1ccccc1OC. The van der Waals surface area contributed by atoms with Gasteiger partial charge in [-0.25, -0.2) is 0 Å². The number of carbonyl (C=O) groups excluding carboxylic acids is 2. The fraction of sp³-hybridized carbons (Fsp3) is 0.500. The van der Waals surface area contributed by atoms with Crippen LogP contribution in [0, 0.1) is 11.8 Å². The minimum atomic E-state index is -0.564. The standard InChI is InChI=1S/C28H40N2O4/c1-8-23(31)26(17(2)3)20(19-11-9-10-12-24(19)34-7)16-25(32)30-22-15-18(27(29)33)13-14-21(22)28(4,5)6/h9-15,17,20,23,26,31H,8,16H2,1-7H3,(H2,29,33)(H,30,32). The van der Waals surface area contributed by atoms with E-state index >= 15 is 0 Å². The van der Waals surface area contributed by atoms with Crippen LogP contribution < -0.4 is 15.8 Å². The van der Waals surface area contributed by atoms with E-state index in [1.807, 2.05) is 58.0 Å². The number of hydrogen-bond donors (Lipinski definition) is 3. The molecule has 186 valence electrons. The van der Waals surface area contributed by atoms with Crippen LogP contribution in [0.25, 0.3) is 0 Å². The Morgan fingerprint density at radius 2 is 1.76 bits per heavy atom. The molecule has 4 N–H and O–H groups in total. The Labute approximate surface area is 203 Å². The van der Waals surface area contributed by atoms with Gasteiger partial charge in [-0.3, -0.25) is 9.59 Å². The summed E-state index contributed by atoms with van der Waals surface area (Å²) in [5.41, 5.74) is 7.96. The van der Waals surface area contributed by atoms with Crippen molar-refractivity contribution in [3.05, 3.63) is 59.2 Å². The second kappa shape index (κ2) is 11.5. The van der Waals surface area contributed by atoms with Crippen LogP contribution in [0.4, 0.5) is 5.69 Å². The third kappa shape index (κ3) is 6.60. The van der Waals surface area contributed by atoms with Gasteiger partial charge >= 0.3 is 0 Å². The van der Waals surface area contributed by atoms with Crippen LogP contribution >= 0.6 is 0 Å². The minimum absolute atomic E-state index is 0.140. The molecule has 0 fully saturated rings. The number of para-hydroxylation sites is 1. The van der Waals surface area contributed by atoms with Crippen LogP contribution in [-0.2, 0) is 10.2 Å². The molecule has 2 aromatic rings. The molecule has 2 aromatic carbocycles. The van der Waals surface area contributed by atoms with Gasteiger partial charge in [-0.1, -0.05) is 65.8 Å². The summed E-state index contributed by atoms with van der Waals surface area (Å²) in [6, 6.07) is 12.8. The average Bonchev–Trinajstić information content (AvgIpc) is 2.77. The van der Waals surface area contributed by atoms with E-state index in [-0.39, 0.29) is 35.5 Å². The number of nitrogens with two attached hydrogens (primary N) is 1. The highest BCUT2D eigenvalue weighted by Gasteiger charge is 2.34. The molecular weight excluding hydrogens is 428 g/mol. The van der Waals surface area contributed by atoms with Gasteiger partial charge in [-0.15, -0.1) is 0 Å². The number of hydrogen-bond acceptors (Lipinski definition) is 4. The summed E-state index contributed by atoms with van der Waals surface area (Å²) in [5.74, 6) is -0.318. The van der Waals surface area contributed by atoms with Crippen molar-refractivity contribution < 1.29 is 19.4 Å². The molecular formula is C28H40N2O4. The van der Waals surface area contributed by atoms with Gasteiger partial charge < -0.3 is 20.9 Å². The number of aliphatic hydroxyl groups excluding tert-OH is 1. The number of primary amides is 1. The van der Waals surface area contributed by atoms with Crippen LogP contribution in [0.5, 0.6) is 5.75 Å². The van der Waals surface area contributed by atoms with Gasteiger partial charge in [0.15, 0.2) is 0 Å². The Kier molecular flexibility index (Phi) is 9.28. The fourth-order valence-corrected chi connectivity index (χ4v) is 4.73. The third-order valence-electron chi connectivity index (χ3n) is 6.43. The summed E-state index contributed by atoms with van der Waals surface area (Å²) in [6.45, 7) is 12.2. The van der Waals surface area contributed by atoms with Crippen molar-refractivity contribution >= 4 is 17.5 Å². The molecule has 0 bridgehead atoms. The molecule has 0 aliphatic carbocycles. The van der Waals surface area contributed by atoms with E-state index in [0.717, 1.165) is 11.1 Å². The van der Waals surface area contributed by atoms with Crippen LogP contribution in [0.15, 0.2) is 42.5 Å². The van der Waals surface area contributed by atoms with Crippen molar-refractivity contribution in [3.8, 4) is 5.75 Å². The van der Waals surface area contributed by atoms with Crippen LogP contribution in [-0.4, -0.2) is 30.1 Å². The highest BCUT2D eigenvalue weighted by atomic mass is 16.5. The molecule has 34 heavy (non-hydrogen) atoms. The summed E-state index contributed by atoms with van der Waals surface area (Å²) < 4.78 is 5.61. The number of ether oxygens (including phenoxy) is 1. The molecule has 2 amide bonds. The molecule has 0 radical (unpaired) electrons. The van der Waals surface area contributed by atoms with Crippen molar-refractivity contribution in [2.45, 2.75) is 71.8 Å². The summed E-state index contributed by atoms with van der Waals surface area (Å²) in [6.07, 6.45) is 0.182. The zero-order valence-corrected chi connectivity index (χ0v) is 21.5. The lowest BCUT2D eigenvalue weighted by Gasteiger charge is -2.34. The maximum Gasteiger partial charge on any atom is 0.248 e. The first-order valence-electron chi connectivity index (χ1n) is 12.0. The first-order valence-corrected chi connectivity index (χ1v) is 12.0. The lowest BCUT2D eigenvalue weighted by Crippen LogP contribution is -2.33. The Bertz CT molecular complexity index is 994. The lowest BCUT2D eigenvalue weighted by atomic mass is 9.73. The Balaban J connectivity index is 2.49. The van der Waals surface area contributed by atoms with Gasteiger partial charge in [0.1, 0.15) is 5.75 Å². The predicted octanol–water partition coefficient (Wildman–Crippen LogP) is 5.25. The van der Waals surface area contributed by atoms with E-state index in [9.17, 15) is 14.7 Å². The normalized spacial score (nSPS) is 14.4. The molecule has 0 aromatic heterocycles. The number of rotatable bonds is 10. The van der Waals surface area contributed by atoms with Gasteiger partial charge in [0.05, 0.1) is 13.2 Å². The summed E-state index contributed by atoms with van der Waals surface area (Å²) in [5, 5.41) is 13.9. The summed E-state index contributed by atoms with van der Waals surface area (Å²) in [4.78, 5) is 25.2. The van der Waals surface area contributed by atoms with Crippen molar-refractivity contribution in [3.63, 3.8) is 0 Å². The maximum absolute atomic E-state index is 13.4. The van der Waals surface area contributed by atoms with Crippen LogP contribution in [0.2, 0.25) is 0 Å². The maximum atomic E-state index is 13.4. The van der Waals surface area contributed by atoms with E-state index < -0.39 is 12.0 Å². The van der Waals surface area contributed by atoms with Crippen LogP contribution in [0.3, 0.4) is 0 Å². The van der Waals surface area contributed by atoms with E-state index in [1.165, 1.54) is 0 Å². The third-order valence-corrected chi connectivity index (χ3v) is 6.43. The largest absolute Gasteiger partial charge is 0.496 e. The number of amides is 2. The van der Waals surface area contributed by atoms with Gasteiger partial charge in [0, 0.05) is 23.6 Å². The average molecular weight is 469 g/mol. The second-order valence-corrected chi connectivity index (χ2v) is 10.3. The number of carbonyl (C=O) groups is 2. The minimum Gasteiger partial charge on any atom is -0.496 e.